The number of thiol groups is 2. The molecule has 1 N–H and O–H groups in total. The Morgan fingerprint density at radius 2 is 1.86 bits per heavy atom. The number of fused-ring (bicyclic) bond motifs is 1. The van der Waals surface area contributed by atoms with E-state index in [0.717, 1.165) is 0 Å². The van der Waals surface area contributed by atoms with Crippen molar-refractivity contribution in [2.24, 2.45) is 0 Å². The average molecular weight is 422 g/mol. The third-order valence-electron chi connectivity index (χ3n) is 3.14. The van der Waals surface area contributed by atoms with Gasteiger partial charge < -0.3 is 28.6 Å². The summed E-state index contributed by atoms with van der Waals surface area (Å²) >= 11 is 19.2. The van der Waals surface area contributed by atoms with Crippen molar-refractivity contribution in [3.05, 3.63) is 0 Å². The van der Waals surface area contributed by atoms with E-state index < -0.39 is 35.4 Å². The molecule has 2 saturated heterocycles. The maximum atomic E-state index is 9.21. The fourth-order valence-electron chi connectivity index (χ4n) is 2.16. The first kappa shape index (κ1) is 20.1. The molecule has 2 radical (unpaired) electrons. The molecule has 2 heterocycles. The Morgan fingerprint density at radius 3 is 2.45 bits per heavy atom. The van der Waals surface area contributed by atoms with Gasteiger partial charge in [0.2, 0.25) is 0 Å². The van der Waals surface area contributed by atoms with E-state index in [2.05, 4.69) is 24.5 Å². The molecule has 2 fully saturated rings. The van der Waals surface area contributed by atoms with E-state index in [-0.39, 0.29) is 19.1 Å². The number of rotatable bonds is 7. The van der Waals surface area contributed by atoms with E-state index in [1.807, 2.05) is 0 Å². The van der Waals surface area contributed by atoms with E-state index in [0.29, 0.717) is 5.90 Å². The van der Waals surface area contributed by atoms with Crippen LogP contribution in [0.25, 0.3) is 0 Å². The molecule has 22 heavy (non-hydrogen) atoms. The largest absolute Gasteiger partial charge is 0.390 e. The lowest BCUT2D eigenvalue weighted by molar-refractivity contribution is -0.247. The summed E-state index contributed by atoms with van der Waals surface area (Å²) in [5.74, 6) is 0.304. The Balaban J connectivity index is 1.91. The highest BCUT2D eigenvalue weighted by atomic mass is 32.9. The van der Waals surface area contributed by atoms with Crippen LogP contribution in [0.3, 0.4) is 0 Å². The van der Waals surface area contributed by atoms with Crippen molar-refractivity contribution in [1.29, 1.82) is 0 Å². The molecule has 2 rings (SSSR count). The number of aliphatic hydroxyl groups excluding tert-OH is 1. The van der Waals surface area contributed by atoms with Crippen LogP contribution in [0.2, 0.25) is 0 Å². The van der Waals surface area contributed by atoms with Gasteiger partial charge in [0.15, 0.2) is 0 Å². The summed E-state index contributed by atoms with van der Waals surface area (Å²) in [5.41, 5.74) is -2.47. The van der Waals surface area contributed by atoms with Crippen LogP contribution in [0.5, 0.6) is 0 Å². The predicted molar refractivity (Wildman–Crippen MR) is 99.4 cm³/mol. The molecule has 2 aliphatic rings. The second-order valence-corrected chi connectivity index (χ2v) is 19.3. The first-order valence-electron chi connectivity index (χ1n) is 6.30. The molecule has 6 nitrogen and oxygen atoms in total. The summed E-state index contributed by atoms with van der Waals surface area (Å²) in [6, 6.07) is -0.621. The summed E-state index contributed by atoms with van der Waals surface area (Å²) in [7, 11) is 7.34. The molecular formula is C9H17BO6P2S4. The zero-order chi connectivity index (χ0) is 16.5. The molecule has 0 bridgehead atoms. The van der Waals surface area contributed by atoms with Crippen LogP contribution in [-0.4, -0.2) is 69.7 Å². The lowest BCUT2D eigenvalue weighted by atomic mass is 9.93. The minimum Gasteiger partial charge on any atom is -0.390 e. The van der Waals surface area contributed by atoms with Crippen LogP contribution in [0, 0.1) is 0 Å². The van der Waals surface area contributed by atoms with Crippen LogP contribution in [-0.2, 0) is 47.1 Å². The lowest BCUT2D eigenvalue weighted by Crippen LogP contribution is -2.32. The van der Waals surface area contributed by atoms with Crippen molar-refractivity contribution in [1.82, 2.24) is 0 Å². The van der Waals surface area contributed by atoms with Gasteiger partial charge in [-0.15, -0.1) is 24.5 Å². The quantitative estimate of drug-likeness (QED) is 0.320. The van der Waals surface area contributed by atoms with Gasteiger partial charge in [-0.1, -0.05) is 23.6 Å². The van der Waals surface area contributed by atoms with Crippen molar-refractivity contribution >= 4 is 66.7 Å². The Kier molecular flexibility index (Phi) is 7.34. The summed E-state index contributed by atoms with van der Waals surface area (Å²) in [6.45, 7) is -0.603. The maximum absolute atomic E-state index is 9.21. The molecule has 0 saturated carbocycles. The minimum absolute atomic E-state index is 0.157. The number of aliphatic hydroxyl groups is 1. The summed E-state index contributed by atoms with van der Waals surface area (Å²) in [5, 5.41) is 6.99. The molecule has 7 atom stereocenters. The van der Waals surface area contributed by atoms with E-state index in [9.17, 15) is 5.11 Å². The van der Waals surface area contributed by atoms with Gasteiger partial charge in [-0.05, 0) is 0 Å². The molecule has 4 unspecified atom stereocenters. The van der Waals surface area contributed by atoms with E-state index in [1.165, 1.54) is 7.11 Å². The zero-order valence-corrected chi connectivity index (χ0v) is 16.9. The lowest BCUT2D eigenvalue weighted by Gasteiger charge is -2.24. The summed E-state index contributed by atoms with van der Waals surface area (Å²) in [4.78, 5) is 0. The van der Waals surface area contributed by atoms with Crippen molar-refractivity contribution < 1.29 is 28.6 Å². The van der Waals surface area contributed by atoms with Gasteiger partial charge in [0.1, 0.15) is 31.6 Å². The smallest absolute Gasteiger partial charge is 0.272 e. The Bertz CT molecular complexity index is 499. The third-order valence-corrected chi connectivity index (χ3v) is 13.1. The van der Waals surface area contributed by atoms with Crippen LogP contribution >= 0.6 is 35.2 Å². The van der Waals surface area contributed by atoms with Crippen molar-refractivity contribution in [3.63, 3.8) is 0 Å². The molecule has 0 aromatic carbocycles. The minimum atomic E-state index is -2.47. The van der Waals surface area contributed by atoms with Crippen LogP contribution in [0.4, 0.5) is 0 Å². The number of ether oxygens (including phenoxy) is 4. The Hall–Kier alpha value is 1.82. The SMILES string of the molecule is [B][C@@H]1O[C@H](COP(=S)(S)CP(=S)(S)CO)C2OC(OC)O[C@@H]21. The fourth-order valence-corrected chi connectivity index (χ4v) is 15.7. The fraction of sp³-hybridized carbons (Fsp3) is 1.00. The molecule has 0 amide bonds. The molecule has 13 heteroatoms. The highest BCUT2D eigenvalue weighted by Crippen LogP contribution is 2.67. The van der Waals surface area contributed by atoms with E-state index in [1.54, 1.807) is 0 Å². The van der Waals surface area contributed by atoms with Crippen molar-refractivity contribution in [2.45, 2.75) is 30.8 Å². The summed E-state index contributed by atoms with van der Waals surface area (Å²) in [6.07, 6.45) is -1.42. The first-order valence-corrected chi connectivity index (χ1v) is 14.7. The normalized spacial score (nSPS) is 40.1. The topological polar surface area (TPSA) is 66.4 Å². The van der Waals surface area contributed by atoms with Gasteiger partial charge in [-0.3, -0.25) is 0 Å². The molecule has 0 spiro atoms. The maximum Gasteiger partial charge on any atom is 0.272 e. The highest BCUT2D eigenvalue weighted by Gasteiger charge is 2.51. The summed E-state index contributed by atoms with van der Waals surface area (Å²) < 4.78 is 27.3. The molecule has 126 valence electrons. The van der Waals surface area contributed by atoms with Crippen LogP contribution in [0.15, 0.2) is 0 Å². The second kappa shape index (κ2) is 8.02. The van der Waals surface area contributed by atoms with Gasteiger partial charge in [-0.2, -0.15) is 0 Å². The van der Waals surface area contributed by atoms with Gasteiger partial charge in [0.25, 0.3) is 6.48 Å². The number of hydrogen-bond donors (Lipinski definition) is 3. The number of hydrogen-bond acceptors (Lipinski definition) is 8. The molecular weight excluding hydrogens is 405 g/mol. The van der Waals surface area contributed by atoms with E-state index >= 15 is 0 Å². The molecule has 0 aromatic heterocycles. The van der Waals surface area contributed by atoms with Crippen molar-refractivity contribution in [3.8, 4) is 0 Å². The Labute approximate surface area is 151 Å². The van der Waals surface area contributed by atoms with Gasteiger partial charge in [0, 0.05) is 24.3 Å². The predicted octanol–water partition coefficient (Wildman–Crippen LogP) is 1.08. The van der Waals surface area contributed by atoms with Crippen LogP contribution in [0.1, 0.15) is 0 Å². The Morgan fingerprint density at radius 1 is 1.23 bits per heavy atom. The molecule has 2 aliphatic heterocycles. The number of methoxy groups -OCH3 is 1. The van der Waals surface area contributed by atoms with Crippen LogP contribution < -0.4 is 0 Å². The zero-order valence-electron chi connectivity index (χ0n) is 11.7. The highest BCUT2D eigenvalue weighted by molar-refractivity contribution is 8.70. The second-order valence-electron chi connectivity index (χ2n) is 4.93. The third kappa shape index (κ3) is 5.16. The monoisotopic (exact) mass is 422 g/mol. The molecule has 0 aromatic rings. The molecule has 0 aliphatic carbocycles. The average Bonchev–Trinajstić information content (AvgIpc) is 2.96. The van der Waals surface area contributed by atoms with Gasteiger partial charge in [0.05, 0.1) is 13.0 Å². The van der Waals surface area contributed by atoms with E-state index in [4.69, 9.17) is 54.9 Å². The first-order chi connectivity index (χ1) is 10.2. The van der Waals surface area contributed by atoms with Gasteiger partial charge in [-0.25, -0.2) is 0 Å². The van der Waals surface area contributed by atoms with Gasteiger partial charge >= 0.3 is 0 Å². The standard InChI is InChI=1S/C9H17BO6P2S4/c1-12-9-15-6-5(14-8(10)7(6)16-9)2-13-18(21,22)4-17(19,20)3-11/h5-9,11H,2-4H2,1H3,(H,19,20)(H,21,22)/t5-,6?,7+,8-,9?/m1/s1. The van der Waals surface area contributed by atoms with Crippen molar-refractivity contribution in [2.75, 3.05) is 26.0 Å².